The minimum Gasteiger partial charge on any atom is -0.485 e. The number of ether oxygens (including phenoxy) is 2. The van der Waals surface area contributed by atoms with Crippen molar-refractivity contribution < 1.29 is 14.3 Å². The van der Waals surface area contributed by atoms with Crippen LogP contribution >= 0.6 is 0 Å². The van der Waals surface area contributed by atoms with Gasteiger partial charge in [0.2, 0.25) is 5.78 Å². The van der Waals surface area contributed by atoms with Crippen LogP contribution in [0.4, 0.5) is 0 Å². The molecule has 1 atom stereocenters. The Balaban J connectivity index is 1.79. The summed E-state index contributed by atoms with van der Waals surface area (Å²) in [5.41, 5.74) is 1.87. The molecule has 21 heavy (non-hydrogen) atoms. The third-order valence-electron chi connectivity index (χ3n) is 3.55. The van der Waals surface area contributed by atoms with Crippen LogP contribution in [0.3, 0.4) is 0 Å². The third kappa shape index (κ3) is 2.92. The molecule has 0 N–H and O–H groups in total. The molecule has 0 saturated carbocycles. The molecule has 1 unspecified atom stereocenters. The number of ketones is 1. The van der Waals surface area contributed by atoms with Gasteiger partial charge < -0.3 is 9.47 Å². The number of hydrogen-bond acceptors (Lipinski definition) is 3. The average molecular weight is 282 g/mol. The van der Waals surface area contributed by atoms with Crippen LogP contribution < -0.4 is 9.47 Å². The summed E-state index contributed by atoms with van der Waals surface area (Å²) in [5.74, 6) is 1.30. The maximum absolute atomic E-state index is 12.6. The van der Waals surface area contributed by atoms with Crippen molar-refractivity contribution in [2.24, 2.45) is 0 Å². The molecule has 1 aliphatic heterocycles. The highest BCUT2D eigenvalue weighted by Crippen LogP contribution is 2.31. The van der Waals surface area contributed by atoms with Crippen LogP contribution in [0.1, 0.15) is 29.3 Å². The normalized spacial score (nSPS) is 16.5. The molecule has 0 bridgehead atoms. The topological polar surface area (TPSA) is 35.5 Å². The van der Waals surface area contributed by atoms with Crippen LogP contribution in [0.5, 0.6) is 11.5 Å². The second-order valence-corrected chi connectivity index (χ2v) is 5.18. The molecule has 0 spiro atoms. The van der Waals surface area contributed by atoms with Gasteiger partial charge in [0.1, 0.15) is 6.61 Å². The van der Waals surface area contributed by atoms with E-state index in [1.807, 2.05) is 48.5 Å². The summed E-state index contributed by atoms with van der Waals surface area (Å²) in [6, 6.07) is 15.2. The lowest BCUT2D eigenvalue weighted by Gasteiger charge is -2.25. The van der Waals surface area contributed by atoms with E-state index in [2.05, 4.69) is 6.92 Å². The highest BCUT2D eigenvalue weighted by Gasteiger charge is 2.28. The number of para-hydroxylation sites is 2. The van der Waals surface area contributed by atoms with Gasteiger partial charge in [-0.3, -0.25) is 4.79 Å². The summed E-state index contributed by atoms with van der Waals surface area (Å²) >= 11 is 0. The monoisotopic (exact) mass is 282 g/mol. The van der Waals surface area contributed by atoms with Gasteiger partial charge >= 0.3 is 0 Å². The van der Waals surface area contributed by atoms with Gasteiger partial charge in [0, 0.05) is 5.56 Å². The first-order valence-corrected chi connectivity index (χ1v) is 7.29. The number of rotatable bonds is 4. The number of carbonyl (C=O) groups excluding carboxylic acids is 1. The Bertz CT molecular complexity index is 648. The van der Waals surface area contributed by atoms with Crippen molar-refractivity contribution in [2.75, 3.05) is 6.61 Å². The molecular formula is C18H18O3. The SMILES string of the molecule is CCCc1cccc(C(=O)C2COc3ccccc3O2)c1. The highest BCUT2D eigenvalue weighted by molar-refractivity contribution is 6.00. The molecule has 0 aromatic heterocycles. The smallest absolute Gasteiger partial charge is 0.206 e. The number of Topliss-reactive ketones (excluding diaryl/α,β-unsaturated/α-hetero) is 1. The van der Waals surface area contributed by atoms with Crippen molar-refractivity contribution in [1.29, 1.82) is 0 Å². The Morgan fingerprint density at radius 3 is 2.76 bits per heavy atom. The third-order valence-corrected chi connectivity index (χ3v) is 3.55. The molecule has 1 heterocycles. The van der Waals surface area contributed by atoms with Gasteiger partial charge in [0.15, 0.2) is 17.6 Å². The molecule has 0 saturated heterocycles. The molecule has 2 aromatic carbocycles. The number of aryl methyl sites for hydroxylation is 1. The first-order valence-electron chi connectivity index (χ1n) is 7.29. The minimum absolute atomic E-state index is 0.0255. The van der Waals surface area contributed by atoms with Gasteiger partial charge in [-0.15, -0.1) is 0 Å². The summed E-state index contributed by atoms with van der Waals surface area (Å²) in [4.78, 5) is 12.6. The zero-order valence-electron chi connectivity index (χ0n) is 12.0. The van der Waals surface area contributed by atoms with E-state index in [0.29, 0.717) is 17.1 Å². The molecule has 2 aromatic rings. The van der Waals surface area contributed by atoms with E-state index in [0.717, 1.165) is 12.8 Å². The second-order valence-electron chi connectivity index (χ2n) is 5.18. The predicted molar refractivity (Wildman–Crippen MR) is 81.1 cm³/mol. The maximum Gasteiger partial charge on any atom is 0.206 e. The number of carbonyl (C=O) groups is 1. The Hall–Kier alpha value is -2.29. The van der Waals surface area contributed by atoms with Gasteiger partial charge in [-0.1, -0.05) is 43.7 Å². The molecule has 3 heteroatoms. The van der Waals surface area contributed by atoms with E-state index in [9.17, 15) is 4.79 Å². The van der Waals surface area contributed by atoms with Crippen LogP contribution in [0.2, 0.25) is 0 Å². The molecule has 0 aliphatic carbocycles. The van der Waals surface area contributed by atoms with Crippen molar-refractivity contribution >= 4 is 5.78 Å². The zero-order valence-corrected chi connectivity index (χ0v) is 12.0. The molecule has 0 amide bonds. The van der Waals surface area contributed by atoms with Crippen molar-refractivity contribution in [1.82, 2.24) is 0 Å². The lowest BCUT2D eigenvalue weighted by atomic mass is 10.0. The molecule has 0 fully saturated rings. The van der Waals surface area contributed by atoms with Crippen molar-refractivity contribution in [3.63, 3.8) is 0 Å². The van der Waals surface area contributed by atoms with Gasteiger partial charge in [-0.2, -0.15) is 0 Å². The molecule has 3 nitrogen and oxygen atoms in total. The Morgan fingerprint density at radius 2 is 1.95 bits per heavy atom. The van der Waals surface area contributed by atoms with E-state index in [1.54, 1.807) is 0 Å². The fraction of sp³-hybridized carbons (Fsp3) is 0.278. The fourth-order valence-electron chi connectivity index (χ4n) is 2.50. The van der Waals surface area contributed by atoms with E-state index < -0.39 is 6.10 Å². The maximum atomic E-state index is 12.6. The van der Waals surface area contributed by atoms with Crippen LogP contribution in [-0.4, -0.2) is 18.5 Å². The molecular weight excluding hydrogens is 264 g/mol. The highest BCUT2D eigenvalue weighted by atomic mass is 16.6. The van der Waals surface area contributed by atoms with Gasteiger partial charge in [-0.05, 0) is 30.2 Å². The van der Waals surface area contributed by atoms with Crippen molar-refractivity contribution in [3.8, 4) is 11.5 Å². The van der Waals surface area contributed by atoms with E-state index in [-0.39, 0.29) is 12.4 Å². The Kier molecular flexibility index (Phi) is 3.91. The summed E-state index contributed by atoms with van der Waals surface area (Å²) in [5, 5.41) is 0. The van der Waals surface area contributed by atoms with E-state index in [4.69, 9.17) is 9.47 Å². The molecule has 108 valence electrons. The van der Waals surface area contributed by atoms with Crippen LogP contribution in [0.15, 0.2) is 48.5 Å². The molecule has 1 aliphatic rings. The van der Waals surface area contributed by atoms with E-state index >= 15 is 0 Å². The van der Waals surface area contributed by atoms with Crippen molar-refractivity contribution in [2.45, 2.75) is 25.9 Å². The minimum atomic E-state index is -0.572. The fourth-order valence-corrected chi connectivity index (χ4v) is 2.50. The largest absolute Gasteiger partial charge is 0.485 e. The lowest BCUT2D eigenvalue weighted by molar-refractivity contribution is 0.0586. The quantitative estimate of drug-likeness (QED) is 0.803. The lowest BCUT2D eigenvalue weighted by Crippen LogP contribution is -2.36. The number of hydrogen-bond donors (Lipinski definition) is 0. The average Bonchev–Trinajstić information content (AvgIpc) is 2.54. The summed E-state index contributed by atoms with van der Waals surface area (Å²) in [6.45, 7) is 2.39. The summed E-state index contributed by atoms with van der Waals surface area (Å²) < 4.78 is 11.4. The Morgan fingerprint density at radius 1 is 1.14 bits per heavy atom. The van der Waals surface area contributed by atoms with Gasteiger partial charge in [0.25, 0.3) is 0 Å². The summed E-state index contributed by atoms with van der Waals surface area (Å²) in [6.07, 6.45) is 1.47. The number of benzene rings is 2. The van der Waals surface area contributed by atoms with Gasteiger partial charge in [0.05, 0.1) is 0 Å². The zero-order chi connectivity index (χ0) is 14.7. The van der Waals surface area contributed by atoms with Crippen LogP contribution in [-0.2, 0) is 6.42 Å². The standard InChI is InChI=1S/C18H18O3/c1-2-6-13-7-5-8-14(11-13)18(19)17-12-20-15-9-3-4-10-16(15)21-17/h3-5,7-11,17H,2,6,12H2,1H3. The van der Waals surface area contributed by atoms with E-state index in [1.165, 1.54) is 5.56 Å². The molecule has 0 radical (unpaired) electrons. The van der Waals surface area contributed by atoms with Crippen LogP contribution in [0.25, 0.3) is 0 Å². The number of fused-ring (bicyclic) bond motifs is 1. The predicted octanol–water partition coefficient (Wildman–Crippen LogP) is 3.66. The second kappa shape index (κ2) is 6.00. The summed E-state index contributed by atoms with van der Waals surface area (Å²) in [7, 11) is 0. The molecule has 3 rings (SSSR count). The van der Waals surface area contributed by atoms with Crippen molar-refractivity contribution in [3.05, 3.63) is 59.7 Å². The Labute approximate surface area is 124 Å². The van der Waals surface area contributed by atoms with Crippen LogP contribution in [0, 0.1) is 0 Å². The first-order chi connectivity index (χ1) is 10.3. The first kappa shape index (κ1) is 13.7. The van der Waals surface area contributed by atoms with Gasteiger partial charge in [-0.25, -0.2) is 0 Å².